The lowest BCUT2D eigenvalue weighted by Crippen LogP contribution is -2.36. The molecule has 1 aliphatic heterocycles. The van der Waals surface area contributed by atoms with Crippen LogP contribution in [0.25, 0.3) is 16.9 Å². The van der Waals surface area contributed by atoms with Crippen LogP contribution in [0.3, 0.4) is 0 Å². The van der Waals surface area contributed by atoms with E-state index in [0.29, 0.717) is 6.42 Å². The number of aromatic nitrogens is 2. The third kappa shape index (κ3) is 3.40. The molecule has 0 saturated carbocycles. The highest BCUT2D eigenvalue weighted by molar-refractivity contribution is 5.79. The molecule has 2 aromatic heterocycles. The molecule has 3 heterocycles. The molecule has 25 heavy (non-hydrogen) atoms. The van der Waals surface area contributed by atoms with E-state index in [4.69, 9.17) is 0 Å². The molecule has 5 heteroatoms. The van der Waals surface area contributed by atoms with Gasteiger partial charge in [-0.05, 0) is 49.1 Å². The van der Waals surface area contributed by atoms with Gasteiger partial charge in [0.1, 0.15) is 11.5 Å². The van der Waals surface area contributed by atoms with Gasteiger partial charge in [-0.1, -0.05) is 12.1 Å². The summed E-state index contributed by atoms with van der Waals surface area (Å²) in [5.74, 6) is -0.0941. The molecule has 0 spiro atoms. The van der Waals surface area contributed by atoms with Gasteiger partial charge in [0.05, 0.1) is 12.1 Å². The van der Waals surface area contributed by atoms with Gasteiger partial charge in [0.15, 0.2) is 0 Å². The first kappa shape index (κ1) is 15.8. The van der Waals surface area contributed by atoms with Crippen LogP contribution >= 0.6 is 0 Å². The van der Waals surface area contributed by atoms with Crippen LogP contribution in [0, 0.1) is 5.82 Å². The SMILES string of the molecule is O=C(Cc1ccn2cc(-c3cccc(F)c3)nc2c1)N1CCCCC1. The standard InChI is InChI=1S/C20H20FN3O/c21-17-6-4-5-16(13-17)18-14-24-10-7-15(11-19(24)22-18)12-20(25)23-8-2-1-3-9-23/h4-7,10-11,13-14H,1-3,8-9,12H2. The maximum Gasteiger partial charge on any atom is 0.226 e. The topological polar surface area (TPSA) is 37.6 Å². The van der Waals surface area contributed by atoms with Crippen LogP contribution in [0.5, 0.6) is 0 Å². The van der Waals surface area contributed by atoms with Gasteiger partial charge in [0.2, 0.25) is 5.91 Å². The monoisotopic (exact) mass is 337 g/mol. The summed E-state index contributed by atoms with van der Waals surface area (Å²) in [7, 11) is 0. The predicted octanol–water partition coefficient (Wildman–Crippen LogP) is 3.70. The summed E-state index contributed by atoms with van der Waals surface area (Å²) in [5, 5.41) is 0. The molecule has 1 fully saturated rings. The molecule has 1 aliphatic rings. The van der Waals surface area contributed by atoms with Crippen molar-refractivity contribution in [1.29, 1.82) is 0 Å². The van der Waals surface area contributed by atoms with Crippen molar-refractivity contribution >= 4 is 11.6 Å². The summed E-state index contributed by atoms with van der Waals surface area (Å²) in [6.45, 7) is 1.74. The van der Waals surface area contributed by atoms with Crippen LogP contribution in [0.15, 0.2) is 48.8 Å². The zero-order valence-corrected chi connectivity index (χ0v) is 14.0. The van der Waals surface area contributed by atoms with Crippen LogP contribution in [-0.2, 0) is 11.2 Å². The quantitative estimate of drug-likeness (QED) is 0.731. The lowest BCUT2D eigenvalue weighted by molar-refractivity contribution is -0.131. The predicted molar refractivity (Wildman–Crippen MR) is 94.7 cm³/mol. The number of rotatable bonds is 3. The third-order valence-electron chi connectivity index (χ3n) is 4.71. The van der Waals surface area contributed by atoms with Crippen molar-refractivity contribution in [3.8, 4) is 11.3 Å². The van der Waals surface area contributed by atoms with E-state index in [0.717, 1.165) is 48.4 Å². The number of imidazole rings is 1. The fraction of sp³-hybridized carbons (Fsp3) is 0.300. The minimum atomic E-state index is -0.276. The number of likely N-dealkylation sites (tertiary alicyclic amines) is 1. The number of nitrogens with zero attached hydrogens (tertiary/aromatic N) is 3. The zero-order valence-electron chi connectivity index (χ0n) is 14.0. The fourth-order valence-electron chi connectivity index (χ4n) is 3.35. The Morgan fingerprint density at radius 2 is 1.96 bits per heavy atom. The number of carbonyl (C=O) groups excluding carboxylic acids is 1. The van der Waals surface area contributed by atoms with Crippen molar-refractivity contribution in [2.75, 3.05) is 13.1 Å². The molecule has 0 bridgehead atoms. The molecular formula is C20H20FN3O. The summed E-state index contributed by atoms with van der Waals surface area (Å²) in [5.41, 5.74) is 3.19. The van der Waals surface area contributed by atoms with Gasteiger partial charge >= 0.3 is 0 Å². The lowest BCUT2D eigenvalue weighted by atomic mass is 10.1. The van der Waals surface area contributed by atoms with Crippen LogP contribution < -0.4 is 0 Å². The fourth-order valence-corrected chi connectivity index (χ4v) is 3.35. The van der Waals surface area contributed by atoms with Crippen molar-refractivity contribution < 1.29 is 9.18 Å². The van der Waals surface area contributed by atoms with E-state index in [9.17, 15) is 9.18 Å². The number of pyridine rings is 1. The Hall–Kier alpha value is -2.69. The van der Waals surface area contributed by atoms with E-state index < -0.39 is 0 Å². The molecule has 0 unspecified atom stereocenters. The number of piperidine rings is 1. The number of fused-ring (bicyclic) bond motifs is 1. The van der Waals surface area contributed by atoms with Gasteiger partial charge in [-0.2, -0.15) is 0 Å². The van der Waals surface area contributed by atoms with Gasteiger partial charge in [-0.3, -0.25) is 4.79 Å². The Bertz CT molecular complexity index is 912. The normalized spacial score (nSPS) is 14.8. The molecule has 1 aromatic carbocycles. The van der Waals surface area contributed by atoms with Gasteiger partial charge in [-0.25, -0.2) is 9.37 Å². The van der Waals surface area contributed by atoms with E-state index in [1.54, 1.807) is 6.07 Å². The molecule has 1 amide bonds. The van der Waals surface area contributed by atoms with Crippen molar-refractivity contribution in [1.82, 2.24) is 14.3 Å². The van der Waals surface area contributed by atoms with Crippen molar-refractivity contribution in [2.45, 2.75) is 25.7 Å². The molecule has 0 radical (unpaired) electrons. The number of hydrogen-bond donors (Lipinski definition) is 0. The number of hydrogen-bond acceptors (Lipinski definition) is 2. The van der Waals surface area contributed by atoms with Crippen molar-refractivity contribution in [2.24, 2.45) is 0 Å². The second-order valence-electron chi connectivity index (χ2n) is 6.56. The molecule has 0 atom stereocenters. The molecule has 128 valence electrons. The molecule has 4 nitrogen and oxygen atoms in total. The smallest absolute Gasteiger partial charge is 0.226 e. The van der Waals surface area contributed by atoms with Crippen LogP contribution in [0.4, 0.5) is 4.39 Å². The summed E-state index contributed by atoms with van der Waals surface area (Å²) in [6, 6.07) is 10.3. The number of amides is 1. The summed E-state index contributed by atoms with van der Waals surface area (Å²) in [4.78, 5) is 19.0. The third-order valence-corrected chi connectivity index (χ3v) is 4.71. The Labute approximate surface area is 145 Å². The summed E-state index contributed by atoms with van der Waals surface area (Å²) >= 11 is 0. The Morgan fingerprint density at radius 1 is 1.12 bits per heavy atom. The highest BCUT2D eigenvalue weighted by Crippen LogP contribution is 2.21. The zero-order chi connectivity index (χ0) is 17.2. The molecule has 3 aromatic rings. The van der Waals surface area contributed by atoms with E-state index in [1.807, 2.05) is 39.9 Å². The molecular weight excluding hydrogens is 317 g/mol. The van der Waals surface area contributed by atoms with Crippen molar-refractivity contribution in [3.05, 3.63) is 60.2 Å². The van der Waals surface area contributed by atoms with Crippen molar-refractivity contribution in [3.63, 3.8) is 0 Å². The van der Waals surface area contributed by atoms with Crippen LogP contribution in [0.2, 0.25) is 0 Å². The molecule has 4 rings (SSSR count). The molecule has 1 saturated heterocycles. The number of carbonyl (C=O) groups is 1. The van der Waals surface area contributed by atoms with Crippen LogP contribution in [0.1, 0.15) is 24.8 Å². The Balaban J connectivity index is 1.56. The number of halogens is 1. The van der Waals surface area contributed by atoms with E-state index in [2.05, 4.69) is 4.98 Å². The van der Waals surface area contributed by atoms with E-state index >= 15 is 0 Å². The minimum absolute atomic E-state index is 0.181. The highest BCUT2D eigenvalue weighted by atomic mass is 19.1. The Morgan fingerprint density at radius 3 is 2.76 bits per heavy atom. The van der Waals surface area contributed by atoms with Gasteiger partial charge in [0.25, 0.3) is 0 Å². The summed E-state index contributed by atoms with van der Waals surface area (Å²) in [6.07, 6.45) is 7.60. The van der Waals surface area contributed by atoms with Crippen LogP contribution in [-0.4, -0.2) is 33.3 Å². The molecule has 0 N–H and O–H groups in total. The van der Waals surface area contributed by atoms with Gasteiger partial charge in [-0.15, -0.1) is 0 Å². The first-order valence-corrected chi connectivity index (χ1v) is 8.70. The van der Waals surface area contributed by atoms with Gasteiger partial charge in [0, 0.05) is 31.0 Å². The maximum absolute atomic E-state index is 13.4. The second kappa shape index (κ2) is 6.67. The summed E-state index contributed by atoms with van der Waals surface area (Å²) < 4.78 is 15.3. The average molecular weight is 337 g/mol. The maximum atomic E-state index is 13.4. The first-order chi connectivity index (χ1) is 12.2. The molecule has 0 aliphatic carbocycles. The average Bonchev–Trinajstić information content (AvgIpc) is 3.06. The largest absolute Gasteiger partial charge is 0.342 e. The van der Waals surface area contributed by atoms with E-state index in [-0.39, 0.29) is 11.7 Å². The second-order valence-corrected chi connectivity index (χ2v) is 6.56. The number of benzene rings is 1. The Kier molecular flexibility index (Phi) is 4.22. The van der Waals surface area contributed by atoms with Gasteiger partial charge < -0.3 is 9.30 Å². The highest BCUT2D eigenvalue weighted by Gasteiger charge is 2.17. The van der Waals surface area contributed by atoms with E-state index in [1.165, 1.54) is 18.6 Å². The first-order valence-electron chi connectivity index (χ1n) is 8.70. The lowest BCUT2D eigenvalue weighted by Gasteiger charge is -2.26. The minimum Gasteiger partial charge on any atom is -0.342 e.